The monoisotopic (exact) mass is 429 g/mol. The van der Waals surface area contributed by atoms with E-state index in [1.54, 1.807) is 4.90 Å². The van der Waals surface area contributed by atoms with Crippen LogP contribution >= 0.6 is 0 Å². The normalized spacial score (nSPS) is 20.3. The first-order chi connectivity index (χ1) is 14.2. The minimum Gasteiger partial charge on any atom is -0.345 e. The van der Waals surface area contributed by atoms with Crippen LogP contribution in [0.15, 0.2) is 24.3 Å². The van der Waals surface area contributed by atoms with E-state index in [0.717, 1.165) is 0 Å². The van der Waals surface area contributed by atoms with E-state index in [1.807, 2.05) is 5.32 Å². The molecule has 1 unspecified atom stereocenters. The summed E-state index contributed by atoms with van der Waals surface area (Å²) < 4.78 is 50.1. The summed E-state index contributed by atoms with van der Waals surface area (Å²) in [4.78, 5) is 40.5. The van der Waals surface area contributed by atoms with Crippen LogP contribution in [0.1, 0.15) is 36.0 Å². The molecule has 3 rings (SSSR count). The number of nitrogens with zero attached hydrogens (tertiary/aromatic N) is 2. The highest BCUT2D eigenvalue weighted by Crippen LogP contribution is 2.26. The maximum absolute atomic E-state index is 13.0. The molecule has 0 bridgehead atoms. The van der Waals surface area contributed by atoms with Crippen LogP contribution in [0, 0.1) is 11.7 Å². The largest absolute Gasteiger partial charge is 0.405 e. The molecule has 1 N–H and O–H groups in total. The minimum atomic E-state index is -4.51. The Labute approximate surface area is 171 Å². The maximum atomic E-state index is 13.0. The topological polar surface area (TPSA) is 69.7 Å². The predicted molar refractivity (Wildman–Crippen MR) is 98.8 cm³/mol. The predicted octanol–water partition coefficient (Wildman–Crippen LogP) is 2.35. The molecule has 0 aromatic heterocycles. The zero-order valence-corrected chi connectivity index (χ0v) is 16.3. The van der Waals surface area contributed by atoms with E-state index in [4.69, 9.17) is 0 Å². The first-order valence-electron chi connectivity index (χ1n) is 9.85. The van der Waals surface area contributed by atoms with E-state index in [9.17, 15) is 31.9 Å². The molecule has 1 aromatic carbocycles. The molecule has 30 heavy (non-hydrogen) atoms. The Hall–Kier alpha value is -2.65. The molecule has 0 radical (unpaired) electrons. The number of amides is 3. The van der Waals surface area contributed by atoms with E-state index in [0.29, 0.717) is 50.9 Å². The van der Waals surface area contributed by atoms with Gasteiger partial charge < -0.3 is 15.1 Å². The molecule has 0 aliphatic carbocycles. The summed E-state index contributed by atoms with van der Waals surface area (Å²) in [5.41, 5.74) is 0.363. The number of hydrogen-bond acceptors (Lipinski definition) is 3. The van der Waals surface area contributed by atoms with E-state index >= 15 is 0 Å². The van der Waals surface area contributed by atoms with Crippen LogP contribution in [0.25, 0.3) is 0 Å². The standard InChI is InChI=1S/C20H23F4N3O3/c21-15-5-3-13(4-6-15)18(29)26-10-7-14(8-11-26)19(30)27-9-1-2-16(27)17(28)25-12-20(22,23)24/h3-6,14,16H,1-2,7-12H2,(H,25,28). The van der Waals surface area contributed by atoms with Gasteiger partial charge in [0.25, 0.3) is 5.91 Å². The lowest BCUT2D eigenvalue weighted by atomic mass is 9.94. The summed E-state index contributed by atoms with van der Waals surface area (Å²) in [6.07, 6.45) is -2.82. The van der Waals surface area contributed by atoms with E-state index in [-0.39, 0.29) is 11.8 Å². The number of benzene rings is 1. The van der Waals surface area contributed by atoms with Gasteiger partial charge in [0.1, 0.15) is 18.4 Å². The summed E-state index contributed by atoms with van der Waals surface area (Å²) in [6, 6.07) is 4.34. The lowest BCUT2D eigenvalue weighted by Crippen LogP contribution is -2.51. The molecule has 164 valence electrons. The van der Waals surface area contributed by atoms with Crippen LogP contribution in [0.3, 0.4) is 0 Å². The third-order valence-corrected chi connectivity index (χ3v) is 5.52. The number of hydrogen-bond donors (Lipinski definition) is 1. The molecule has 6 nitrogen and oxygen atoms in total. The van der Waals surface area contributed by atoms with Crippen LogP contribution in [-0.2, 0) is 9.59 Å². The molecule has 0 spiro atoms. The Morgan fingerprint density at radius 2 is 1.63 bits per heavy atom. The first-order valence-corrected chi connectivity index (χ1v) is 9.85. The Bertz CT molecular complexity index is 789. The Balaban J connectivity index is 1.54. The Morgan fingerprint density at radius 1 is 1.00 bits per heavy atom. The van der Waals surface area contributed by atoms with E-state index in [1.165, 1.54) is 29.2 Å². The molecule has 2 heterocycles. The van der Waals surface area contributed by atoms with Gasteiger partial charge in [0.2, 0.25) is 11.8 Å². The van der Waals surface area contributed by atoms with Crippen molar-refractivity contribution in [3.8, 4) is 0 Å². The lowest BCUT2D eigenvalue weighted by molar-refractivity contribution is -0.147. The summed E-state index contributed by atoms with van der Waals surface area (Å²) in [7, 11) is 0. The number of likely N-dealkylation sites (tertiary alicyclic amines) is 2. The Morgan fingerprint density at radius 3 is 2.23 bits per heavy atom. The van der Waals surface area contributed by atoms with Gasteiger partial charge in [0.05, 0.1) is 0 Å². The van der Waals surface area contributed by atoms with Gasteiger partial charge in [-0.25, -0.2) is 4.39 Å². The average molecular weight is 429 g/mol. The first kappa shape index (κ1) is 22.0. The molecule has 2 saturated heterocycles. The number of alkyl halides is 3. The fourth-order valence-electron chi connectivity index (χ4n) is 3.95. The zero-order valence-electron chi connectivity index (χ0n) is 16.3. The number of piperidine rings is 1. The smallest absolute Gasteiger partial charge is 0.345 e. The summed E-state index contributed by atoms with van der Waals surface area (Å²) in [5.74, 6) is -2.12. The van der Waals surface area contributed by atoms with Gasteiger partial charge in [-0.1, -0.05) is 0 Å². The quantitative estimate of drug-likeness (QED) is 0.748. The second kappa shape index (κ2) is 9.01. The third-order valence-electron chi connectivity index (χ3n) is 5.52. The highest BCUT2D eigenvalue weighted by molar-refractivity contribution is 5.94. The molecule has 0 saturated carbocycles. The maximum Gasteiger partial charge on any atom is 0.405 e. The number of rotatable bonds is 4. The van der Waals surface area contributed by atoms with Gasteiger partial charge >= 0.3 is 6.18 Å². The molecule has 3 amide bonds. The Kier molecular flexibility index (Phi) is 6.62. The molecular formula is C20H23F4N3O3. The minimum absolute atomic E-state index is 0.244. The van der Waals surface area contributed by atoms with Gasteiger partial charge in [0, 0.05) is 31.1 Å². The van der Waals surface area contributed by atoms with Gasteiger partial charge in [-0.3, -0.25) is 14.4 Å². The van der Waals surface area contributed by atoms with Crippen molar-refractivity contribution in [1.29, 1.82) is 0 Å². The van der Waals surface area contributed by atoms with Crippen molar-refractivity contribution >= 4 is 17.7 Å². The zero-order chi connectivity index (χ0) is 21.9. The second-order valence-electron chi connectivity index (χ2n) is 7.60. The highest BCUT2D eigenvalue weighted by Gasteiger charge is 2.39. The van der Waals surface area contributed by atoms with Gasteiger partial charge in [-0.2, -0.15) is 13.2 Å². The average Bonchev–Trinajstić information content (AvgIpc) is 3.21. The number of nitrogens with one attached hydrogen (secondary N) is 1. The lowest BCUT2D eigenvalue weighted by Gasteiger charge is -2.34. The fraction of sp³-hybridized carbons (Fsp3) is 0.550. The van der Waals surface area contributed by atoms with Gasteiger partial charge in [0.15, 0.2) is 0 Å². The molecule has 2 fully saturated rings. The van der Waals surface area contributed by atoms with Crippen molar-refractivity contribution in [3.63, 3.8) is 0 Å². The van der Waals surface area contributed by atoms with Crippen molar-refractivity contribution in [2.24, 2.45) is 5.92 Å². The second-order valence-corrected chi connectivity index (χ2v) is 7.60. The van der Waals surface area contributed by atoms with Gasteiger partial charge in [-0.15, -0.1) is 0 Å². The van der Waals surface area contributed by atoms with Crippen LogP contribution in [0.2, 0.25) is 0 Å². The summed E-state index contributed by atoms with van der Waals surface area (Å²) in [5, 5.41) is 1.86. The van der Waals surface area contributed by atoms with Gasteiger partial charge in [-0.05, 0) is 49.9 Å². The van der Waals surface area contributed by atoms with Crippen LogP contribution in [-0.4, -0.2) is 65.9 Å². The van der Waals surface area contributed by atoms with Crippen LogP contribution in [0.4, 0.5) is 17.6 Å². The van der Waals surface area contributed by atoms with Crippen LogP contribution in [0.5, 0.6) is 0 Å². The SMILES string of the molecule is O=C(NCC(F)(F)F)C1CCCN1C(=O)C1CCN(C(=O)c2ccc(F)cc2)CC1. The summed E-state index contributed by atoms with van der Waals surface area (Å²) >= 11 is 0. The van der Waals surface area contributed by atoms with Crippen molar-refractivity contribution in [2.45, 2.75) is 37.9 Å². The van der Waals surface area contributed by atoms with E-state index < -0.39 is 36.4 Å². The molecular weight excluding hydrogens is 406 g/mol. The van der Waals surface area contributed by atoms with Crippen molar-refractivity contribution in [2.75, 3.05) is 26.2 Å². The van der Waals surface area contributed by atoms with Crippen molar-refractivity contribution in [3.05, 3.63) is 35.6 Å². The number of halogens is 4. The van der Waals surface area contributed by atoms with Crippen LogP contribution < -0.4 is 5.32 Å². The van der Waals surface area contributed by atoms with E-state index in [2.05, 4.69) is 0 Å². The summed E-state index contributed by atoms with van der Waals surface area (Å²) in [6.45, 7) is -0.414. The highest BCUT2D eigenvalue weighted by atomic mass is 19.4. The molecule has 10 heteroatoms. The van der Waals surface area contributed by atoms with Crippen molar-refractivity contribution in [1.82, 2.24) is 15.1 Å². The van der Waals surface area contributed by atoms with Crippen molar-refractivity contribution < 1.29 is 31.9 Å². The molecule has 2 aliphatic heterocycles. The third kappa shape index (κ3) is 5.28. The fourth-order valence-corrected chi connectivity index (χ4v) is 3.95. The molecule has 2 aliphatic rings. The number of carbonyl (C=O) groups excluding carboxylic acids is 3. The molecule has 1 atom stereocenters. The molecule has 1 aromatic rings. The number of carbonyl (C=O) groups is 3.